The van der Waals surface area contributed by atoms with Crippen LogP contribution in [0.5, 0.6) is 11.8 Å². The van der Waals surface area contributed by atoms with Crippen LogP contribution in [0.3, 0.4) is 0 Å². The number of aromatic hydroxyl groups is 1. The maximum atomic E-state index is 17.2. The molecule has 6 aromatic rings. The molecule has 4 aliphatic heterocycles. The highest BCUT2D eigenvalue weighted by Crippen LogP contribution is 2.54. The number of likely N-dealkylation sites (tertiary alicyclic amines) is 2. The highest BCUT2D eigenvalue weighted by molar-refractivity contribution is 6.03. The topological polar surface area (TPSA) is 154 Å². The Hall–Kier alpha value is -6.28. The number of phenols is 1. The number of aldehydes is 1. The molecule has 4 saturated heterocycles. The fraction of sp³-hybridized carbons (Fsp3) is 0.517. The number of piperidine rings is 2. The number of piperazine rings is 1. The third-order valence-corrected chi connectivity index (χ3v) is 17.9. The molecule has 0 radical (unpaired) electrons. The van der Waals surface area contributed by atoms with Crippen LogP contribution in [0, 0.1) is 40.7 Å². The lowest BCUT2D eigenvalue weighted by Crippen LogP contribution is -2.51. The molecule has 386 valence electrons. The first-order chi connectivity index (χ1) is 35.9. The van der Waals surface area contributed by atoms with E-state index in [1.165, 1.54) is 62.1 Å². The zero-order valence-corrected chi connectivity index (χ0v) is 42.5. The van der Waals surface area contributed by atoms with Crippen molar-refractivity contribution in [3.05, 3.63) is 77.1 Å². The summed E-state index contributed by atoms with van der Waals surface area (Å²) in [5.74, 6) is 2.23. The fourth-order valence-corrected chi connectivity index (χ4v) is 13.8. The van der Waals surface area contributed by atoms with E-state index >= 15 is 8.78 Å². The van der Waals surface area contributed by atoms with Crippen molar-refractivity contribution in [2.24, 2.45) is 23.8 Å². The van der Waals surface area contributed by atoms with Crippen LogP contribution >= 0.6 is 0 Å². The normalized spacial score (nSPS) is 22.3. The minimum Gasteiger partial charge on any atom is -0.508 e. The largest absolute Gasteiger partial charge is 0.508 e. The standard InChI is InChI=1S/C58H66F2N10O4/c1-4-42-47(59)12-8-38-24-41(72)26-45(49(38)42)52-50(60)53-46(29-62-52)54(70-31-39-9-10-40(32-70)63-39)65-56(64-53)74-34-58(15-16-58)33-69-21-17-57(18-22-69)27-35(28-57)30-68-19-13-36(14-20-68)37-7-11-43-48(25-37)67(3)66-51(43)44(6-5-23-71)55(73)61-2/h1,7-8,11-12,23-26,29,35-36,39-40,44,63,72H,5-6,9-10,13-22,27-28,30-34H2,2-3H3,(H,61,73). The van der Waals surface area contributed by atoms with Crippen LogP contribution in [-0.4, -0.2) is 130 Å². The number of aryl methyl sites for hydroxylation is 1. The number of fused-ring (bicyclic) bond motifs is 5. The number of likely N-dealkylation sites (N-methyl/N-ethyl adjacent to an activating group) is 1. The van der Waals surface area contributed by atoms with E-state index in [9.17, 15) is 14.7 Å². The summed E-state index contributed by atoms with van der Waals surface area (Å²) in [4.78, 5) is 45.8. The molecule has 74 heavy (non-hydrogen) atoms. The molecule has 6 aliphatic rings. The lowest BCUT2D eigenvalue weighted by molar-refractivity contribution is -0.122. The molecular formula is C58H66F2N10O4. The molecule has 3 aromatic heterocycles. The number of rotatable bonds is 15. The second-order valence-corrected chi connectivity index (χ2v) is 22.8. The van der Waals surface area contributed by atoms with Crippen molar-refractivity contribution in [2.45, 2.75) is 101 Å². The molecule has 12 rings (SSSR count). The van der Waals surface area contributed by atoms with Crippen molar-refractivity contribution in [2.75, 3.05) is 70.9 Å². The van der Waals surface area contributed by atoms with Crippen molar-refractivity contribution in [3.8, 4) is 35.4 Å². The maximum Gasteiger partial charge on any atom is 0.319 e. The van der Waals surface area contributed by atoms with E-state index in [1.807, 2.05) is 11.7 Å². The number of terminal acetylenes is 1. The summed E-state index contributed by atoms with van der Waals surface area (Å²) in [6, 6.07) is 13.0. The fourth-order valence-electron chi connectivity index (χ4n) is 13.8. The highest BCUT2D eigenvalue weighted by atomic mass is 19.1. The number of phenolic OH excluding ortho intramolecular Hbond substituents is 1. The van der Waals surface area contributed by atoms with Gasteiger partial charge in [-0.15, -0.1) is 6.42 Å². The van der Waals surface area contributed by atoms with Crippen molar-refractivity contribution in [3.63, 3.8) is 0 Å². The second kappa shape index (κ2) is 19.5. The first kappa shape index (κ1) is 48.6. The quantitative estimate of drug-likeness (QED) is 0.0676. The molecule has 2 saturated carbocycles. The van der Waals surface area contributed by atoms with Crippen molar-refractivity contribution >= 4 is 50.6 Å². The summed E-state index contributed by atoms with van der Waals surface area (Å²) in [7, 11) is 3.57. The third-order valence-electron chi connectivity index (χ3n) is 17.9. The van der Waals surface area contributed by atoms with Gasteiger partial charge in [-0.2, -0.15) is 15.1 Å². The Morgan fingerprint density at radius 2 is 1.76 bits per heavy atom. The molecule has 3 N–H and O–H groups in total. The number of halogens is 2. The second-order valence-electron chi connectivity index (χ2n) is 22.8. The minimum absolute atomic E-state index is 0.0104. The number of nitrogens with one attached hydrogen (secondary N) is 2. The van der Waals surface area contributed by atoms with E-state index in [2.05, 4.69) is 54.4 Å². The van der Waals surface area contributed by atoms with Crippen LogP contribution in [0.2, 0.25) is 0 Å². The monoisotopic (exact) mass is 1000 g/mol. The Kier molecular flexibility index (Phi) is 12.8. The Labute approximate surface area is 430 Å². The number of hydrogen-bond acceptors (Lipinski definition) is 12. The molecule has 3 atom stereocenters. The van der Waals surface area contributed by atoms with E-state index in [4.69, 9.17) is 26.2 Å². The number of carbonyl (C=O) groups is 2. The van der Waals surface area contributed by atoms with Crippen LogP contribution in [0.15, 0.2) is 48.7 Å². The number of ether oxygens (including phenoxy) is 1. The molecule has 16 heteroatoms. The van der Waals surface area contributed by atoms with Gasteiger partial charge >= 0.3 is 6.01 Å². The minimum atomic E-state index is -0.714. The van der Waals surface area contributed by atoms with E-state index in [0.717, 1.165) is 113 Å². The number of nitrogens with zero attached hydrogens (tertiary/aromatic N) is 8. The molecule has 3 aromatic carbocycles. The smallest absolute Gasteiger partial charge is 0.319 e. The zero-order valence-electron chi connectivity index (χ0n) is 42.5. The molecule has 6 fully saturated rings. The maximum absolute atomic E-state index is 17.2. The number of hydrogen-bond donors (Lipinski definition) is 3. The van der Waals surface area contributed by atoms with Crippen LogP contribution in [-0.2, 0) is 16.6 Å². The predicted molar refractivity (Wildman–Crippen MR) is 281 cm³/mol. The average molecular weight is 1010 g/mol. The first-order valence-electron chi connectivity index (χ1n) is 26.9. The lowest BCUT2D eigenvalue weighted by Gasteiger charge is -2.54. The first-order valence-corrected chi connectivity index (χ1v) is 26.9. The number of amides is 1. The molecule has 3 unspecified atom stereocenters. The number of benzene rings is 3. The number of aromatic nitrogens is 5. The van der Waals surface area contributed by atoms with Gasteiger partial charge in [0, 0.05) is 86.7 Å². The van der Waals surface area contributed by atoms with Gasteiger partial charge in [-0.05, 0) is 149 Å². The molecule has 14 nitrogen and oxygen atoms in total. The van der Waals surface area contributed by atoms with Crippen molar-refractivity contribution in [1.29, 1.82) is 0 Å². The number of anilines is 1. The Bertz CT molecular complexity index is 3190. The van der Waals surface area contributed by atoms with Crippen LogP contribution in [0.1, 0.15) is 106 Å². The molecule has 1 spiro atoms. The van der Waals surface area contributed by atoms with E-state index in [0.29, 0.717) is 64.8 Å². The van der Waals surface area contributed by atoms with Gasteiger partial charge in [-0.25, -0.2) is 8.78 Å². The summed E-state index contributed by atoms with van der Waals surface area (Å²) < 4.78 is 40.7. The Balaban J connectivity index is 0.668. The van der Waals surface area contributed by atoms with Crippen LogP contribution < -0.4 is 20.3 Å². The molecule has 1 amide bonds. The van der Waals surface area contributed by atoms with Crippen LogP contribution in [0.25, 0.3) is 43.8 Å². The summed E-state index contributed by atoms with van der Waals surface area (Å²) in [5.41, 5.74) is 3.67. The Morgan fingerprint density at radius 1 is 0.986 bits per heavy atom. The van der Waals surface area contributed by atoms with Gasteiger partial charge < -0.3 is 40.0 Å². The molecular weight excluding hydrogens is 939 g/mol. The SMILES string of the molecule is C#Cc1c(F)ccc2cc(O)cc(-c3ncc4c(N5CC6CCC(C5)N6)nc(OCC5(CN6CCC7(CC6)CC(CN6CCC(c8ccc9c(C(CCC=O)C(=O)NC)nn(C)c9c8)CC6)C7)CC5)nc4c3F)c12. The average Bonchev–Trinajstić information content (AvgIpc) is 3.98. The van der Waals surface area contributed by atoms with Crippen molar-refractivity contribution < 1.29 is 28.2 Å². The van der Waals surface area contributed by atoms with Gasteiger partial charge in [0.25, 0.3) is 0 Å². The van der Waals surface area contributed by atoms with E-state index in [1.54, 1.807) is 13.2 Å². The predicted octanol–water partition coefficient (Wildman–Crippen LogP) is 7.98. The van der Waals surface area contributed by atoms with Gasteiger partial charge in [0.1, 0.15) is 34.9 Å². The molecule has 2 bridgehead atoms. The van der Waals surface area contributed by atoms with Gasteiger partial charge in [0.15, 0.2) is 5.82 Å². The van der Waals surface area contributed by atoms with Gasteiger partial charge in [-0.1, -0.05) is 24.1 Å². The lowest BCUT2D eigenvalue weighted by atomic mass is 9.57. The summed E-state index contributed by atoms with van der Waals surface area (Å²) in [5, 5.41) is 24.1. The van der Waals surface area contributed by atoms with Crippen LogP contribution in [0.4, 0.5) is 14.6 Å². The molecule has 7 heterocycles. The summed E-state index contributed by atoms with van der Waals surface area (Å²) in [6.45, 7) is 8.40. The zero-order chi connectivity index (χ0) is 50.9. The number of pyridine rings is 1. The third kappa shape index (κ3) is 9.12. The van der Waals surface area contributed by atoms with Gasteiger partial charge in [0.05, 0.1) is 34.7 Å². The summed E-state index contributed by atoms with van der Waals surface area (Å²) >= 11 is 0. The van der Waals surface area contributed by atoms with Gasteiger partial charge in [0.2, 0.25) is 5.91 Å². The molecule has 2 aliphatic carbocycles. The van der Waals surface area contributed by atoms with Crippen molar-refractivity contribution in [1.82, 2.24) is 45.2 Å². The van der Waals surface area contributed by atoms with E-state index in [-0.39, 0.29) is 45.4 Å². The number of carbonyl (C=O) groups excluding carboxylic acids is 2. The Morgan fingerprint density at radius 3 is 2.47 bits per heavy atom. The highest BCUT2D eigenvalue weighted by Gasteiger charge is 2.50. The summed E-state index contributed by atoms with van der Waals surface area (Å²) in [6.07, 6.45) is 20.6. The van der Waals surface area contributed by atoms with Gasteiger partial charge in [-0.3, -0.25) is 14.5 Å². The van der Waals surface area contributed by atoms with E-state index < -0.39 is 17.6 Å².